The third-order valence-electron chi connectivity index (χ3n) is 3.68. The number of ether oxygens (including phenoxy) is 2. The van der Waals surface area contributed by atoms with E-state index in [1.807, 2.05) is 6.92 Å². The fourth-order valence-electron chi connectivity index (χ4n) is 2.52. The minimum absolute atomic E-state index is 0.365. The average Bonchev–Trinajstić information content (AvgIpc) is 2.34. The van der Waals surface area contributed by atoms with E-state index >= 15 is 0 Å². The van der Waals surface area contributed by atoms with Crippen LogP contribution < -0.4 is 5.73 Å². The van der Waals surface area contributed by atoms with Crippen LogP contribution in [0.5, 0.6) is 0 Å². The fraction of sp³-hybridized carbons (Fsp3) is 1.00. The predicted molar refractivity (Wildman–Crippen MR) is 66.4 cm³/mol. The Hall–Kier alpha value is -0.120. The first-order valence-electron chi connectivity index (χ1n) is 6.71. The molecule has 96 valence electrons. The Bertz CT molecular complexity index is 175. The molecule has 1 aliphatic rings. The van der Waals surface area contributed by atoms with Crippen LogP contribution in [0.3, 0.4) is 0 Å². The molecule has 0 saturated heterocycles. The summed E-state index contributed by atoms with van der Waals surface area (Å²) in [7, 11) is 0. The number of nitrogens with two attached hydrogens (primary N) is 1. The van der Waals surface area contributed by atoms with E-state index < -0.39 is 0 Å². The highest BCUT2D eigenvalue weighted by molar-refractivity contribution is 4.81. The van der Waals surface area contributed by atoms with Gasteiger partial charge in [-0.25, -0.2) is 0 Å². The van der Waals surface area contributed by atoms with E-state index in [0.29, 0.717) is 25.2 Å². The summed E-state index contributed by atoms with van der Waals surface area (Å²) < 4.78 is 11.2. The molecule has 1 rings (SSSR count). The lowest BCUT2D eigenvalue weighted by Crippen LogP contribution is -2.36. The van der Waals surface area contributed by atoms with Crippen LogP contribution in [0, 0.1) is 11.8 Å². The molecule has 0 aliphatic heterocycles. The molecule has 0 spiro atoms. The highest BCUT2D eigenvalue weighted by Gasteiger charge is 2.29. The third-order valence-corrected chi connectivity index (χ3v) is 3.68. The summed E-state index contributed by atoms with van der Waals surface area (Å²) in [5, 5.41) is 0. The van der Waals surface area contributed by atoms with Gasteiger partial charge in [0.15, 0.2) is 0 Å². The van der Waals surface area contributed by atoms with Gasteiger partial charge in [-0.1, -0.05) is 13.3 Å². The molecule has 3 unspecified atom stereocenters. The molecule has 1 fully saturated rings. The van der Waals surface area contributed by atoms with Gasteiger partial charge in [0, 0.05) is 6.61 Å². The van der Waals surface area contributed by atoms with E-state index in [9.17, 15) is 0 Å². The van der Waals surface area contributed by atoms with Crippen molar-refractivity contribution in [3.8, 4) is 0 Å². The standard InChI is InChI=1S/C13H27NO2/c1-3-11-5-6-12(10-14)13(9-11)16-8-7-15-4-2/h11-13H,3-10,14H2,1-2H3. The maximum absolute atomic E-state index is 5.92. The Balaban J connectivity index is 2.27. The molecular weight excluding hydrogens is 202 g/mol. The monoisotopic (exact) mass is 229 g/mol. The molecule has 0 aromatic carbocycles. The molecule has 3 atom stereocenters. The largest absolute Gasteiger partial charge is 0.379 e. The van der Waals surface area contributed by atoms with Crippen molar-refractivity contribution in [1.29, 1.82) is 0 Å². The zero-order chi connectivity index (χ0) is 11.8. The van der Waals surface area contributed by atoms with E-state index in [2.05, 4.69) is 6.92 Å². The molecule has 3 heteroatoms. The molecule has 16 heavy (non-hydrogen) atoms. The van der Waals surface area contributed by atoms with E-state index in [-0.39, 0.29) is 0 Å². The minimum atomic E-state index is 0.365. The van der Waals surface area contributed by atoms with Crippen LogP contribution in [0.25, 0.3) is 0 Å². The molecule has 0 radical (unpaired) electrons. The Morgan fingerprint density at radius 1 is 1.19 bits per heavy atom. The van der Waals surface area contributed by atoms with E-state index in [1.165, 1.54) is 25.7 Å². The van der Waals surface area contributed by atoms with Crippen LogP contribution in [0.2, 0.25) is 0 Å². The molecule has 3 nitrogen and oxygen atoms in total. The van der Waals surface area contributed by atoms with E-state index in [4.69, 9.17) is 15.2 Å². The van der Waals surface area contributed by atoms with Crippen LogP contribution in [-0.2, 0) is 9.47 Å². The molecule has 0 amide bonds. The summed E-state index contributed by atoms with van der Waals surface area (Å²) in [6.07, 6.45) is 5.37. The first-order chi connectivity index (χ1) is 7.81. The first kappa shape index (κ1) is 13.9. The van der Waals surface area contributed by atoms with Gasteiger partial charge in [-0.3, -0.25) is 0 Å². The highest BCUT2D eigenvalue weighted by Crippen LogP contribution is 2.32. The summed E-state index contributed by atoms with van der Waals surface area (Å²) in [5.41, 5.74) is 5.80. The lowest BCUT2D eigenvalue weighted by Gasteiger charge is -2.35. The second kappa shape index (κ2) is 8.04. The lowest BCUT2D eigenvalue weighted by atomic mass is 9.78. The quantitative estimate of drug-likeness (QED) is 0.681. The second-order valence-electron chi connectivity index (χ2n) is 4.69. The average molecular weight is 229 g/mol. The second-order valence-corrected chi connectivity index (χ2v) is 4.69. The van der Waals surface area contributed by atoms with Crippen LogP contribution >= 0.6 is 0 Å². The summed E-state index contributed by atoms with van der Waals surface area (Å²) in [6.45, 7) is 7.23. The molecule has 0 bridgehead atoms. The van der Waals surface area contributed by atoms with Gasteiger partial charge in [0.25, 0.3) is 0 Å². The van der Waals surface area contributed by atoms with Crippen LogP contribution in [-0.4, -0.2) is 32.5 Å². The summed E-state index contributed by atoms with van der Waals surface area (Å²) in [6, 6.07) is 0. The van der Waals surface area contributed by atoms with Crippen molar-refractivity contribution in [1.82, 2.24) is 0 Å². The predicted octanol–water partition coefficient (Wildman–Crippen LogP) is 2.19. The van der Waals surface area contributed by atoms with Crippen molar-refractivity contribution in [3.05, 3.63) is 0 Å². The van der Waals surface area contributed by atoms with Gasteiger partial charge in [-0.15, -0.1) is 0 Å². The van der Waals surface area contributed by atoms with Crippen LogP contribution in [0.15, 0.2) is 0 Å². The van der Waals surface area contributed by atoms with E-state index in [0.717, 1.165) is 19.1 Å². The van der Waals surface area contributed by atoms with E-state index in [1.54, 1.807) is 0 Å². The molecule has 0 aromatic heterocycles. The van der Waals surface area contributed by atoms with Gasteiger partial charge in [0.1, 0.15) is 0 Å². The van der Waals surface area contributed by atoms with Crippen LogP contribution in [0.4, 0.5) is 0 Å². The Morgan fingerprint density at radius 2 is 2.00 bits per heavy atom. The Labute approximate surface area is 99.7 Å². The molecule has 1 saturated carbocycles. The summed E-state index contributed by atoms with van der Waals surface area (Å²) in [5.74, 6) is 1.39. The highest BCUT2D eigenvalue weighted by atomic mass is 16.5. The zero-order valence-electron chi connectivity index (χ0n) is 10.8. The zero-order valence-corrected chi connectivity index (χ0v) is 10.8. The van der Waals surface area contributed by atoms with Gasteiger partial charge in [-0.05, 0) is 44.6 Å². The molecule has 1 aliphatic carbocycles. The number of hydrogen-bond donors (Lipinski definition) is 1. The summed E-state index contributed by atoms with van der Waals surface area (Å²) >= 11 is 0. The first-order valence-corrected chi connectivity index (χ1v) is 6.71. The molecule has 0 aromatic rings. The smallest absolute Gasteiger partial charge is 0.0704 e. The van der Waals surface area contributed by atoms with Gasteiger partial charge < -0.3 is 15.2 Å². The van der Waals surface area contributed by atoms with Crippen molar-refractivity contribution in [2.45, 2.75) is 45.6 Å². The molecule has 0 heterocycles. The van der Waals surface area contributed by atoms with Crippen molar-refractivity contribution in [2.24, 2.45) is 17.6 Å². The fourth-order valence-corrected chi connectivity index (χ4v) is 2.52. The Kier molecular flexibility index (Phi) is 7.01. The van der Waals surface area contributed by atoms with Crippen molar-refractivity contribution in [3.63, 3.8) is 0 Å². The van der Waals surface area contributed by atoms with Gasteiger partial charge in [0.2, 0.25) is 0 Å². The number of rotatable bonds is 7. The van der Waals surface area contributed by atoms with Gasteiger partial charge >= 0.3 is 0 Å². The van der Waals surface area contributed by atoms with Crippen molar-refractivity contribution in [2.75, 3.05) is 26.4 Å². The van der Waals surface area contributed by atoms with Crippen molar-refractivity contribution >= 4 is 0 Å². The van der Waals surface area contributed by atoms with Gasteiger partial charge in [0.05, 0.1) is 19.3 Å². The van der Waals surface area contributed by atoms with Crippen LogP contribution in [0.1, 0.15) is 39.5 Å². The molecule has 2 N–H and O–H groups in total. The van der Waals surface area contributed by atoms with Crippen molar-refractivity contribution < 1.29 is 9.47 Å². The number of hydrogen-bond acceptors (Lipinski definition) is 3. The minimum Gasteiger partial charge on any atom is -0.379 e. The topological polar surface area (TPSA) is 44.5 Å². The normalized spacial score (nSPS) is 30.6. The van der Waals surface area contributed by atoms with Gasteiger partial charge in [-0.2, -0.15) is 0 Å². The third kappa shape index (κ3) is 4.40. The maximum Gasteiger partial charge on any atom is 0.0704 e. The molecular formula is C13H27NO2. The Morgan fingerprint density at radius 3 is 2.62 bits per heavy atom. The summed E-state index contributed by atoms with van der Waals surface area (Å²) in [4.78, 5) is 0. The lowest BCUT2D eigenvalue weighted by molar-refractivity contribution is -0.0456. The maximum atomic E-state index is 5.92. The SMILES string of the molecule is CCOCCOC1CC(CC)CCC1CN.